The molecular weight excluding hydrogens is 407 g/mol. The van der Waals surface area contributed by atoms with Crippen LogP contribution in [0.1, 0.15) is 18.7 Å². The van der Waals surface area contributed by atoms with Crippen LogP contribution in [0.4, 0.5) is 15.9 Å². The van der Waals surface area contributed by atoms with Crippen LogP contribution in [0.3, 0.4) is 0 Å². The van der Waals surface area contributed by atoms with Gasteiger partial charge in [-0.15, -0.1) is 0 Å². The van der Waals surface area contributed by atoms with Crippen molar-refractivity contribution in [1.29, 1.82) is 0 Å². The second kappa shape index (κ2) is 7.27. The highest BCUT2D eigenvalue weighted by molar-refractivity contribution is 5.78. The standard InChI is InChI=1S/C24H23FN6O/c1-14-28-21-6-5-20(15-8-9-27-23(26)10-15)29-24(21)31(14)16-2-7-22(19(25)11-16)30-12-17-3-4-18(13-30)32-17/h2,5-11,17-18H,3-4,12-13H2,1H3,(H2,26,27). The van der Waals surface area contributed by atoms with Gasteiger partial charge in [0.25, 0.3) is 0 Å². The molecule has 0 saturated carbocycles. The average Bonchev–Trinajstić information content (AvgIpc) is 3.30. The number of aromatic nitrogens is 4. The number of nitrogen functional groups attached to an aromatic ring is 1. The molecule has 0 aliphatic carbocycles. The van der Waals surface area contributed by atoms with E-state index in [0.717, 1.165) is 48.5 Å². The lowest BCUT2D eigenvalue weighted by Gasteiger charge is -2.34. The van der Waals surface area contributed by atoms with Gasteiger partial charge >= 0.3 is 0 Å². The Morgan fingerprint density at radius 1 is 1.03 bits per heavy atom. The Morgan fingerprint density at radius 3 is 2.59 bits per heavy atom. The lowest BCUT2D eigenvalue weighted by atomic mass is 10.1. The largest absolute Gasteiger partial charge is 0.384 e. The fourth-order valence-corrected chi connectivity index (χ4v) is 4.85. The molecule has 2 bridgehead atoms. The number of rotatable bonds is 3. The molecule has 8 heteroatoms. The fourth-order valence-electron chi connectivity index (χ4n) is 4.85. The maximum atomic E-state index is 15.3. The summed E-state index contributed by atoms with van der Waals surface area (Å²) < 4.78 is 23.0. The minimum atomic E-state index is -0.247. The SMILES string of the molecule is Cc1nc2ccc(-c3ccnc(N)c3)nc2n1-c1ccc(N2CC3CCC(C2)O3)c(F)c1. The molecular formula is C24H23FN6O. The normalized spacial score (nSPS) is 20.2. The van der Waals surface area contributed by atoms with E-state index in [-0.39, 0.29) is 18.0 Å². The molecule has 2 aliphatic heterocycles. The number of halogens is 1. The summed E-state index contributed by atoms with van der Waals surface area (Å²) in [6.07, 6.45) is 4.18. The molecule has 32 heavy (non-hydrogen) atoms. The van der Waals surface area contributed by atoms with Crippen molar-refractivity contribution >= 4 is 22.7 Å². The molecule has 0 amide bonds. The third-order valence-electron chi connectivity index (χ3n) is 6.32. The predicted molar refractivity (Wildman–Crippen MR) is 121 cm³/mol. The number of hydrogen-bond acceptors (Lipinski definition) is 6. The van der Waals surface area contributed by atoms with Gasteiger partial charge in [0.15, 0.2) is 5.65 Å². The van der Waals surface area contributed by atoms with Crippen molar-refractivity contribution in [1.82, 2.24) is 19.5 Å². The first kappa shape index (κ1) is 19.2. The van der Waals surface area contributed by atoms with Crippen molar-refractivity contribution in [3.05, 3.63) is 60.3 Å². The maximum absolute atomic E-state index is 15.3. The summed E-state index contributed by atoms with van der Waals surface area (Å²) in [5.41, 5.74) is 10.2. The van der Waals surface area contributed by atoms with Crippen LogP contribution in [0.5, 0.6) is 0 Å². The quantitative estimate of drug-likeness (QED) is 0.531. The Hall–Kier alpha value is -3.52. The number of hydrogen-bond donors (Lipinski definition) is 1. The first-order valence-electron chi connectivity index (χ1n) is 10.8. The molecule has 2 atom stereocenters. The van der Waals surface area contributed by atoms with E-state index < -0.39 is 0 Å². The third-order valence-corrected chi connectivity index (χ3v) is 6.32. The van der Waals surface area contributed by atoms with Gasteiger partial charge in [0.05, 0.1) is 29.3 Å². The van der Waals surface area contributed by atoms with Crippen LogP contribution in [-0.4, -0.2) is 44.8 Å². The molecule has 2 saturated heterocycles. The van der Waals surface area contributed by atoms with E-state index in [1.165, 1.54) is 0 Å². The van der Waals surface area contributed by atoms with Gasteiger partial charge in [-0.3, -0.25) is 4.57 Å². The number of morpholine rings is 1. The fraction of sp³-hybridized carbons (Fsp3) is 0.292. The summed E-state index contributed by atoms with van der Waals surface area (Å²) in [6.45, 7) is 3.37. The summed E-state index contributed by atoms with van der Waals surface area (Å²) in [5, 5.41) is 0. The minimum absolute atomic E-state index is 0.206. The van der Waals surface area contributed by atoms with Crippen LogP contribution < -0.4 is 10.6 Å². The van der Waals surface area contributed by atoms with Crippen molar-refractivity contribution in [3.8, 4) is 16.9 Å². The topological polar surface area (TPSA) is 82.1 Å². The number of nitrogens with two attached hydrogens (primary N) is 1. The van der Waals surface area contributed by atoms with Crippen molar-refractivity contribution < 1.29 is 9.13 Å². The zero-order valence-corrected chi connectivity index (χ0v) is 17.7. The highest BCUT2D eigenvalue weighted by atomic mass is 19.1. The van der Waals surface area contributed by atoms with Gasteiger partial charge in [0, 0.05) is 30.9 Å². The Kier molecular flexibility index (Phi) is 4.36. The van der Waals surface area contributed by atoms with E-state index in [4.69, 9.17) is 15.5 Å². The lowest BCUT2D eigenvalue weighted by Crippen LogP contribution is -2.43. The highest BCUT2D eigenvalue weighted by Gasteiger charge is 2.34. The van der Waals surface area contributed by atoms with E-state index >= 15 is 4.39 Å². The van der Waals surface area contributed by atoms with Gasteiger partial charge in [-0.25, -0.2) is 19.3 Å². The Balaban J connectivity index is 1.40. The number of imidazole rings is 1. The van der Waals surface area contributed by atoms with Gasteiger partial charge in [0.1, 0.15) is 23.0 Å². The molecule has 7 nitrogen and oxygen atoms in total. The number of benzene rings is 1. The van der Waals surface area contributed by atoms with Crippen molar-refractivity contribution in [2.24, 2.45) is 0 Å². The first-order valence-corrected chi connectivity index (χ1v) is 10.8. The zero-order chi connectivity index (χ0) is 21.8. The first-order chi connectivity index (χ1) is 15.5. The third kappa shape index (κ3) is 3.18. The van der Waals surface area contributed by atoms with Crippen LogP contribution in [0, 0.1) is 12.7 Å². The number of ether oxygens (including phenoxy) is 1. The lowest BCUT2D eigenvalue weighted by molar-refractivity contribution is 0.0303. The number of nitrogens with zero attached hydrogens (tertiary/aromatic N) is 5. The molecule has 162 valence electrons. The van der Waals surface area contributed by atoms with E-state index in [0.29, 0.717) is 22.8 Å². The maximum Gasteiger partial charge on any atom is 0.165 e. The van der Waals surface area contributed by atoms with Gasteiger partial charge in [-0.05, 0) is 56.2 Å². The molecule has 6 rings (SSSR count). The summed E-state index contributed by atoms with van der Waals surface area (Å²) in [6, 6.07) is 12.8. The minimum Gasteiger partial charge on any atom is -0.384 e. The Labute approximate surface area is 184 Å². The predicted octanol–water partition coefficient (Wildman–Crippen LogP) is 3.88. The van der Waals surface area contributed by atoms with Gasteiger partial charge in [-0.2, -0.15) is 0 Å². The van der Waals surface area contributed by atoms with Crippen molar-refractivity contribution in [3.63, 3.8) is 0 Å². The number of aryl methyl sites for hydroxylation is 1. The van der Waals surface area contributed by atoms with Crippen molar-refractivity contribution in [2.75, 3.05) is 23.7 Å². The van der Waals surface area contributed by atoms with Crippen LogP contribution in [-0.2, 0) is 4.74 Å². The highest BCUT2D eigenvalue weighted by Crippen LogP contribution is 2.32. The van der Waals surface area contributed by atoms with Crippen LogP contribution in [0.2, 0.25) is 0 Å². The number of fused-ring (bicyclic) bond motifs is 3. The van der Waals surface area contributed by atoms with Crippen LogP contribution in [0.15, 0.2) is 48.7 Å². The molecule has 4 aromatic rings. The van der Waals surface area contributed by atoms with Crippen LogP contribution in [0.25, 0.3) is 28.1 Å². The summed E-state index contributed by atoms with van der Waals surface area (Å²) in [7, 11) is 0. The second-order valence-electron chi connectivity index (χ2n) is 8.50. The van der Waals surface area contributed by atoms with E-state index in [9.17, 15) is 0 Å². The Morgan fingerprint density at radius 2 is 1.84 bits per heavy atom. The molecule has 2 fully saturated rings. The second-order valence-corrected chi connectivity index (χ2v) is 8.50. The molecule has 2 N–H and O–H groups in total. The molecule has 0 spiro atoms. The van der Waals surface area contributed by atoms with Crippen molar-refractivity contribution in [2.45, 2.75) is 32.0 Å². The van der Waals surface area contributed by atoms with E-state index in [1.807, 2.05) is 41.8 Å². The van der Waals surface area contributed by atoms with Gasteiger partial charge in [0.2, 0.25) is 0 Å². The molecule has 5 heterocycles. The smallest absolute Gasteiger partial charge is 0.165 e. The molecule has 0 radical (unpaired) electrons. The Bertz CT molecular complexity index is 1320. The summed E-state index contributed by atoms with van der Waals surface area (Å²) in [4.78, 5) is 15.6. The molecule has 2 aliphatic rings. The summed E-state index contributed by atoms with van der Waals surface area (Å²) in [5.74, 6) is 0.932. The van der Waals surface area contributed by atoms with E-state index in [1.54, 1.807) is 18.3 Å². The molecule has 1 aromatic carbocycles. The number of pyridine rings is 2. The van der Waals surface area contributed by atoms with E-state index in [2.05, 4.69) is 14.9 Å². The summed E-state index contributed by atoms with van der Waals surface area (Å²) >= 11 is 0. The monoisotopic (exact) mass is 430 g/mol. The van der Waals surface area contributed by atoms with Crippen LogP contribution >= 0.6 is 0 Å². The van der Waals surface area contributed by atoms with Gasteiger partial charge < -0.3 is 15.4 Å². The molecule has 3 aromatic heterocycles. The van der Waals surface area contributed by atoms with Gasteiger partial charge in [-0.1, -0.05) is 0 Å². The number of anilines is 2. The molecule has 2 unspecified atom stereocenters. The average molecular weight is 430 g/mol. The zero-order valence-electron chi connectivity index (χ0n) is 17.7.